The minimum absolute atomic E-state index is 0.159. The summed E-state index contributed by atoms with van der Waals surface area (Å²) in [7, 11) is 0. The highest BCUT2D eigenvalue weighted by Crippen LogP contribution is 2.51. The number of hydrogen-bond acceptors (Lipinski definition) is 2. The van der Waals surface area contributed by atoms with Crippen LogP contribution in [-0.2, 0) is 16.7 Å². The second-order valence-electron chi connectivity index (χ2n) is 8.20. The van der Waals surface area contributed by atoms with Crippen molar-refractivity contribution in [2.75, 3.05) is 0 Å². The molecule has 0 N–H and O–H groups in total. The van der Waals surface area contributed by atoms with Crippen LogP contribution >= 0.6 is 46.6 Å². The van der Waals surface area contributed by atoms with Crippen molar-refractivity contribution in [2.45, 2.75) is 49.1 Å². The molecular formula is C22H20Cl3FN2S. The van der Waals surface area contributed by atoms with Gasteiger partial charge in [0.2, 0.25) is 0 Å². The molecule has 7 heteroatoms. The third kappa shape index (κ3) is 3.59. The highest BCUT2D eigenvalue weighted by Gasteiger charge is 2.47. The SMILES string of the molecule is CC1(c2ccc(Cl)c(Cl)c2)CC(C)(C)n2c1cnc2SCc1c(F)cccc1Cl. The molecule has 1 unspecified atom stereocenters. The Balaban J connectivity index is 1.71. The summed E-state index contributed by atoms with van der Waals surface area (Å²) >= 11 is 20.1. The largest absolute Gasteiger partial charge is 0.317 e. The second kappa shape index (κ2) is 7.49. The van der Waals surface area contributed by atoms with Gasteiger partial charge in [0.25, 0.3) is 0 Å². The first-order chi connectivity index (χ1) is 13.6. The van der Waals surface area contributed by atoms with E-state index < -0.39 is 0 Å². The number of aromatic nitrogens is 2. The van der Waals surface area contributed by atoms with Crippen molar-refractivity contribution in [1.29, 1.82) is 0 Å². The Morgan fingerprint density at radius 3 is 2.52 bits per heavy atom. The number of thioether (sulfide) groups is 1. The fourth-order valence-corrected chi connectivity index (χ4v) is 6.12. The maximum absolute atomic E-state index is 14.2. The van der Waals surface area contributed by atoms with Crippen molar-refractivity contribution in [3.8, 4) is 0 Å². The highest BCUT2D eigenvalue weighted by molar-refractivity contribution is 7.98. The van der Waals surface area contributed by atoms with Crippen LogP contribution in [0.15, 0.2) is 47.8 Å². The normalized spacial score (nSPS) is 20.1. The quantitative estimate of drug-likeness (QED) is 0.364. The summed E-state index contributed by atoms with van der Waals surface area (Å²) in [6, 6.07) is 10.6. The van der Waals surface area contributed by atoms with Crippen LogP contribution in [-0.4, -0.2) is 9.55 Å². The Hall–Kier alpha value is -1.20. The minimum Gasteiger partial charge on any atom is -0.317 e. The first kappa shape index (κ1) is 21.0. The maximum atomic E-state index is 14.2. The molecule has 3 aromatic rings. The zero-order chi connectivity index (χ0) is 21.0. The summed E-state index contributed by atoms with van der Waals surface area (Å²) in [6.45, 7) is 6.60. The molecule has 0 radical (unpaired) electrons. The smallest absolute Gasteiger partial charge is 0.169 e. The minimum atomic E-state index is -0.293. The molecule has 2 heterocycles. The lowest BCUT2D eigenvalue weighted by Crippen LogP contribution is -2.25. The molecule has 4 rings (SSSR count). The van der Waals surface area contributed by atoms with E-state index >= 15 is 0 Å². The summed E-state index contributed by atoms with van der Waals surface area (Å²) in [5, 5.41) is 2.38. The summed E-state index contributed by atoms with van der Waals surface area (Å²) < 4.78 is 16.4. The molecule has 2 aromatic carbocycles. The van der Waals surface area contributed by atoms with Crippen LogP contribution in [0.2, 0.25) is 15.1 Å². The number of rotatable bonds is 4. The van der Waals surface area contributed by atoms with Crippen molar-refractivity contribution in [3.63, 3.8) is 0 Å². The first-order valence-corrected chi connectivity index (χ1v) is 11.4. The Labute approximate surface area is 189 Å². The van der Waals surface area contributed by atoms with E-state index in [1.807, 2.05) is 24.4 Å². The van der Waals surface area contributed by atoms with Gasteiger partial charge in [-0.05, 0) is 57.0 Å². The van der Waals surface area contributed by atoms with Gasteiger partial charge in [-0.15, -0.1) is 0 Å². The summed E-state index contributed by atoms with van der Waals surface area (Å²) in [5.74, 6) is 0.125. The van der Waals surface area contributed by atoms with Crippen molar-refractivity contribution in [1.82, 2.24) is 9.55 Å². The Morgan fingerprint density at radius 1 is 1.07 bits per heavy atom. The molecule has 152 valence electrons. The van der Waals surface area contributed by atoms with Crippen LogP contribution < -0.4 is 0 Å². The number of nitrogens with zero attached hydrogens (tertiary/aromatic N) is 2. The van der Waals surface area contributed by atoms with Gasteiger partial charge < -0.3 is 4.57 Å². The Bertz CT molecular complexity index is 1080. The first-order valence-electron chi connectivity index (χ1n) is 9.23. The molecule has 29 heavy (non-hydrogen) atoms. The molecule has 0 saturated carbocycles. The van der Waals surface area contributed by atoms with Gasteiger partial charge in [-0.3, -0.25) is 0 Å². The summed E-state index contributed by atoms with van der Waals surface area (Å²) in [5.41, 5.74) is 2.31. The topological polar surface area (TPSA) is 17.8 Å². The van der Waals surface area contributed by atoms with Gasteiger partial charge >= 0.3 is 0 Å². The fourth-order valence-electron chi connectivity index (χ4n) is 4.34. The monoisotopic (exact) mass is 468 g/mol. The van der Waals surface area contributed by atoms with Crippen molar-refractivity contribution in [2.24, 2.45) is 0 Å². The van der Waals surface area contributed by atoms with E-state index in [1.54, 1.807) is 12.1 Å². The average Bonchev–Trinajstić information content (AvgIpc) is 3.16. The van der Waals surface area contributed by atoms with Gasteiger partial charge in [0.05, 0.1) is 16.2 Å². The van der Waals surface area contributed by atoms with Crippen LogP contribution in [0.3, 0.4) is 0 Å². The molecule has 0 bridgehead atoms. The van der Waals surface area contributed by atoms with E-state index in [0.29, 0.717) is 26.4 Å². The lowest BCUT2D eigenvalue weighted by molar-refractivity contribution is 0.323. The van der Waals surface area contributed by atoms with Crippen LogP contribution in [0.25, 0.3) is 0 Å². The summed E-state index contributed by atoms with van der Waals surface area (Å²) in [6.07, 6.45) is 2.81. The molecule has 0 amide bonds. The average molecular weight is 470 g/mol. The lowest BCUT2D eigenvalue weighted by atomic mass is 9.75. The van der Waals surface area contributed by atoms with Gasteiger partial charge in [0.15, 0.2) is 5.16 Å². The number of halogens is 4. The lowest BCUT2D eigenvalue weighted by Gasteiger charge is -2.27. The van der Waals surface area contributed by atoms with E-state index in [9.17, 15) is 4.39 Å². The fraction of sp³-hybridized carbons (Fsp3) is 0.318. The molecule has 2 nitrogen and oxygen atoms in total. The predicted molar refractivity (Wildman–Crippen MR) is 120 cm³/mol. The van der Waals surface area contributed by atoms with Gasteiger partial charge in [-0.1, -0.05) is 58.7 Å². The van der Waals surface area contributed by atoms with E-state index in [2.05, 4.69) is 30.3 Å². The number of hydrogen-bond donors (Lipinski definition) is 0. The van der Waals surface area contributed by atoms with E-state index in [1.165, 1.54) is 17.8 Å². The number of benzene rings is 2. The van der Waals surface area contributed by atoms with E-state index in [0.717, 1.165) is 22.8 Å². The molecule has 0 fully saturated rings. The zero-order valence-electron chi connectivity index (χ0n) is 16.3. The van der Waals surface area contributed by atoms with Crippen molar-refractivity contribution < 1.29 is 4.39 Å². The van der Waals surface area contributed by atoms with Crippen molar-refractivity contribution in [3.05, 3.63) is 80.3 Å². The van der Waals surface area contributed by atoms with Crippen LogP contribution in [0.5, 0.6) is 0 Å². The standard InChI is InChI=1S/C22H20Cl3FN2S/c1-21(2)12-22(3,13-7-8-16(24)17(25)9-13)19-10-27-20(28(19)21)29-11-14-15(23)5-4-6-18(14)26/h4-10H,11-12H2,1-3H3. The summed E-state index contributed by atoms with van der Waals surface area (Å²) in [4.78, 5) is 4.67. The number of imidazole rings is 1. The maximum Gasteiger partial charge on any atom is 0.169 e. The number of fused-ring (bicyclic) bond motifs is 1. The molecule has 0 spiro atoms. The Kier molecular flexibility index (Phi) is 5.44. The molecule has 0 saturated heterocycles. The Morgan fingerprint density at radius 2 is 1.83 bits per heavy atom. The van der Waals surface area contributed by atoms with Gasteiger partial charge in [-0.2, -0.15) is 0 Å². The highest BCUT2D eigenvalue weighted by atomic mass is 35.5. The van der Waals surface area contributed by atoms with Crippen LogP contribution in [0, 0.1) is 5.82 Å². The molecular weight excluding hydrogens is 450 g/mol. The van der Waals surface area contributed by atoms with Gasteiger partial charge in [0.1, 0.15) is 5.82 Å². The third-order valence-electron chi connectivity index (χ3n) is 5.65. The molecule has 0 aliphatic carbocycles. The van der Waals surface area contributed by atoms with Gasteiger partial charge in [0, 0.05) is 33.0 Å². The molecule has 1 aliphatic heterocycles. The van der Waals surface area contributed by atoms with Crippen LogP contribution in [0.4, 0.5) is 4.39 Å². The zero-order valence-corrected chi connectivity index (χ0v) is 19.4. The van der Waals surface area contributed by atoms with Gasteiger partial charge in [-0.25, -0.2) is 9.37 Å². The van der Waals surface area contributed by atoms with E-state index in [4.69, 9.17) is 34.8 Å². The van der Waals surface area contributed by atoms with Crippen LogP contribution in [0.1, 0.15) is 44.0 Å². The molecule has 1 aliphatic rings. The third-order valence-corrected chi connectivity index (χ3v) is 7.72. The predicted octanol–water partition coefficient (Wildman–Crippen LogP) is 7.72. The van der Waals surface area contributed by atoms with E-state index in [-0.39, 0.29) is 16.8 Å². The second-order valence-corrected chi connectivity index (χ2v) is 10.4. The molecule has 1 atom stereocenters. The van der Waals surface area contributed by atoms with Crippen molar-refractivity contribution >= 4 is 46.6 Å². The molecule has 1 aromatic heterocycles.